The molecular formula is C14H12Br2ClFN2. The zero-order valence-electron chi connectivity index (χ0n) is 10.3. The Kier molecular flexibility index (Phi) is 5.57. The lowest BCUT2D eigenvalue weighted by molar-refractivity contribution is 0.549. The van der Waals surface area contributed by atoms with Crippen LogP contribution in [0, 0.1) is 5.82 Å². The maximum atomic E-state index is 13.1. The van der Waals surface area contributed by atoms with Crippen molar-refractivity contribution in [2.24, 2.45) is 5.84 Å². The van der Waals surface area contributed by atoms with Crippen LogP contribution in [0.25, 0.3) is 0 Å². The second-order valence-corrected chi connectivity index (χ2v) is 6.39. The molecule has 2 aromatic carbocycles. The molecule has 6 heteroatoms. The third-order valence-corrected chi connectivity index (χ3v) is 5.05. The van der Waals surface area contributed by atoms with E-state index in [0.29, 0.717) is 15.9 Å². The van der Waals surface area contributed by atoms with Crippen LogP contribution in [-0.4, -0.2) is 0 Å². The minimum atomic E-state index is -0.279. The van der Waals surface area contributed by atoms with Gasteiger partial charge in [0.2, 0.25) is 0 Å². The average molecular weight is 423 g/mol. The van der Waals surface area contributed by atoms with Crippen molar-refractivity contribution in [1.82, 2.24) is 5.43 Å². The van der Waals surface area contributed by atoms with E-state index in [1.165, 1.54) is 12.1 Å². The second kappa shape index (κ2) is 7.00. The van der Waals surface area contributed by atoms with Crippen LogP contribution in [0.15, 0.2) is 45.3 Å². The van der Waals surface area contributed by atoms with Gasteiger partial charge in [-0.3, -0.25) is 11.3 Å². The normalized spacial score (nSPS) is 12.4. The lowest BCUT2D eigenvalue weighted by Gasteiger charge is -2.19. The summed E-state index contributed by atoms with van der Waals surface area (Å²) in [5.74, 6) is 5.36. The molecule has 0 radical (unpaired) electrons. The van der Waals surface area contributed by atoms with Crippen molar-refractivity contribution in [1.29, 1.82) is 0 Å². The van der Waals surface area contributed by atoms with Gasteiger partial charge in [-0.15, -0.1) is 0 Å². The van der Waals surface area contributed by atoms with Gasteiger partial charge in [0.05, 0.1) is 11.1 Å². The molecular weight excluding hydrogens is 410 g/mol. The molecule has 1 unspecified atom stereocenters. The smallest absolute Gasteiger partial charge is 0.124 e. The molecule has 0 saturated carbocycles. The van der Waals surface area contributed by atoms with Gasteiger partial charge in [-0.25, -0.2) is 4.39 Å². The van der Waals surface area contributed by atoms with Crippen LogP contribution in [-0.2, 0) is 6.42 Å². The Hall–Kier alpha value is -0.460. The van der Waals surface area contributed by atoms with E-state index < -0.39 is 0 Å². The van der Waals surface area contributed by atoms with E-state index in [1.807, 2.05) is 18.2 Å². The molecule has 0 aliphatic heterocycles. The van der Waals surface area contributed by atoms with Crippen LogP contribution in [0.1, 0.15) is 17.2 Å². The van der Waals surface area contributed by atoms with Gasteiger partial charge in [-0.05, 0) is 51.7 Å². The zero-order chi connectivity index (χ0) is 14.7. The number of hydrogen-bond donors (Lipinski definition) is 2. The molecule has 2 aromatic rings. The molecule has 1 atom stereocenters. The van der Waals surface area contributed by atoms with Crippen LogP contribution in [0.5, 0.6) is 0 Å². The predicted molar refractivity (Wildman–Crippen MR) is 87.0 cm³/mol. The van der Waals surface area contributed by atoms with E-state index in [2.05, 4.69) is 37.3 Å². The number of nitrogens with one attached hydrogen (secondary N) is 1. The molecule has 2 nitrogen and oxygen atoms in total. The Morgan fingerprint density at radius 1 is 1.20 bits per heavy atom. The SMILES string of the molecule is NNC(Cc1ccc(F)cc1Br)c1cccc(Br)c1Cl. The van der Waals surface area contributed by atoms with Crippen molar-refractivity contribution in [3.63, 3.8) is 0 Å². The molecule has 0 saturated heterocycles. The van der Waals surface area contributed by atoms with Crippen molar-refractivity contribution in [3.8, 4) is 0 Å². The van der Waals surface area contributed by atoms with Crippen molar-refractivity contribution >= 4 is 43.5 Å². The molecule has 2 rings (SSSR count). The van der Waals surface area contributed by atoms with Gasteiger partial charge in [-0.1, -0.05) is 45.7 Å². The maximum absolute atomic E-state index is 13.1. The van der Waals surface area contributed by atoms with Crippen molar-refractivity contribution in [2.75, 3.05) is 0 Å². The molecule has 0 heterocycles. The highest BCUT2D eigenvalue weighted by atomic mass is 79.9. The number of halogens is 4. The Bertz CT molecular complexity index is 622. The van der Waals surface area contributed by atoms with Gasteiger partial charge < -0.3 is 0 Å². The molecule has 0 aliphatic rings. The largest absolute Gasteiger partial charge is 0.271 e. The van der Waals surface area contributed by atoms with Crippen LogP contribution in [0.2, 0.25) is 5.02 Å². The fraction of sp³-hybridized carbons (Fsp3) is 0.143. The monoisotopic (exact) mass is 420 g/mol. The summed E-state index contributed by atoms with van der Waals surface area (Å²) in [6, 6.07) is 10.1. The third-order valence-electron chi connectivity index (χ3n) is 3.00. The van der Waals surface area contributed by atoms with Crippen LogP contribution < -0.4 is 11.3 Å². The van der Waals surface area contributed by atoms with E-state index in [1.54, 1.807) is 6.07 Å². The maximum Gasteiger partial charge on any atom is 0.124 e. The number of benzene rings is 2. The second-order valence-electron chi connectivity index (χ2n) is 4.30. The Balaban J connectivity index is 2.31. The first-order valence-electron chi connectivity index (χ1n) is 5.87. The third kappa shape index (κ3) is 3.59. The first kappa shape index (κ1) is 15.9. The zero-order valence-corrected chi connectivity index (χ0v) is 14.3. The summed E-state index contributed by atoms with van der Waals surface area (Å²) in [6.07, 6.45) is 0.591. The van der Waals surface area contributed by atoms with Crippen LogP contribution >= 0.6 is 43.5 Å². The van der Waals surface area contributed by atoms with Crippen molar-refractivity contribution in [2.45, 2.75) is 12.5 Å². The molecule has 0 aromatic heterocycles. The van der Waals surface area contributed by atoms with Gasteiger partial charge in [0.25, 0.3) is 0 Å². The number of hydrogen-bond acceptors (Lipinski definition) is 2. The average Bonchev–Trinajstić information content (AvgIpc) is 2.42. The summed E-state index contributed by atoms with van der Waals surface area (Å²) < 4.78 is 14.6. The highest BCUT2D eigenvalue weighted by molar-refractivity contribution is 9.10. The summed E-state index contributed by atoms with van der Waals surface area (Å²) in [6.45, 7) is 0. The van der Waals surface area contributed by atoms with Crippen LogP contribution in [0.4, 0.5) is 4.39 Å². The summed E-state index contributed by atoms with van der Waals surface area (Å²) in [7, 11) is 0. The van der Waals surface area contributed by atoms with Crippen molar-refractivity contribution < 1.29 is 4.39 Å². The summed E-state index contributed by atoms with van der Waals surface area (Å²) in [5, 5.41) is 0.619. The minimum absolute atomic E-state index is 0.165. The molecule has 0 bridgehead atoms. The Morgan fingerprint density at radius 2 is 1.95 bits per heavy atom. The van der Waals surface area contributed by atoms with Gasteiger partial charge in [0, 0.05) is 8.95 Å². The Labute approximate surface area is 138 Å². The lowest BCUT2D eigenvalue weighted by Crippen LogP contribution is -2.30. The summed E-state index contributed by atoms with van der Waals surface area (Å²) in [4.78, 5) is 0. The Morgan fingerprint density at radius 3 is 2.60 bits per heavy atom. The standard InChI is InChI=1S/C14H12Br2ClFN2/c15-11-3-1-2-10(14(11)17)13(20-19)6-8-4-5-9(18)7-12(8)16/h1-5,7,13,20H,6,19H2. The molecule has 106 valence electrons. The molecule has 0 aliphatic carbocycles. The minimum Gasteiger partial charge on any atom is -0.271 e. The highest BCUT2D eigenvalue weighted by Crippen LogP contribution is 2.32. The van der Waals surface area contributed by atoms with Crippen LogP contribution in [0.3, 0.4) is 0 Å². The van der Waals surface area contributed by atoms with E-state index >= 15 is 0 Å². The van der Waals surface area contributed by atoms with Gasteiger partial charge in [0.15, 0.2) is 0 Å². The number of nitrogens with two attached hydrogens (primary N) is 1. The number of rotatable bonds is 4. The van der Waals surface area contributed by atoms with Gasteiger partial charge in [-0.2, -0.15) is 0 Å². The van der Waals surface area contributed by atoms with E-state index in [9.17, 15) is 4.39 Å². The van der Waals surface area contributed by atoms with Gasteiger partial charge in [0.1, 0.15) is 5.82 Å². The van der Waals surface area contributed by atoms with E-state index in [4.69, 9.17) is 17.4 Å². The van der Waals surface area contributed by atoms with E-state index in [-0.39, 0.29) is 11.9 Å². The first-order valence-corrected chi connectivity index (χ1v) is 7.83. The first-order chi connectivity index (χ1) is 9.52. The quantitative estimate of drug-likeness (QED) is 0.551. The topological polar surface area (TPSA) is 38.0 Å². The molecule has 3 N–H and O–H groups in total. The molecule has 0 spiro atoms. The fourth-order valence-electron chi connectivity index (χ4n) is 1.96. The predicted octanol–water partition coefficient (Wildman–Crippen LogP) is 4.75. The fourth-order valence-corrected chi connectivity index (χ4v) is 3.11. The highest BCUT2D eigenvalue weighted by Gasteiger charge is 2.17. The van der Waals surface area contributed by atoms with E-state index in [0.717, 1.165) is 15.6 Å². The van der Waals surface area contributed by atoms with Crippen molar-refractivity contribution in [3.05, 3.63) is 67.3 Å². The lowest BCUT2D eigenvalue weighted by atomic mass is 9.99. The molecule has 0 amide bonds. The van der Waals surface area contributed by atoms with Gasteiger partial charge >= 0.3 is 0 Å². The molecule has 0 fully saturated rings. The number of hydrazine groups is 1. The summed E-state index contributed by atoms with van der Waals surface area (Å²) in [5.41, 5.74) is 4.59. The summed E-state index contributed by atoms with van der Waals surface area (Å²) >= 11 is 13.0. The molecule has 20 heavy (non-hydrogen) atoms.